The van der Waals surface area contributed by atoms with Crippen molar-refractivity contribution in [3.63, 3.8) is 0 Å². The average molecular weight is 263 g/mol. The topological polar surface area (TPSA) is 3.24 Å². The zero-order valence-electron chi connectivity index (χ0n) is 10.1. The van der Waals surface area contributed by atoms with Crippen LogP contribution in [-0.4, -0.2) is 23.5 Å². The summed E-state index contributed by atoms with van der Waals surface area (Å²) in [5.74, 6) is 0. The van der Waals surface area contributed by atoms with Crippen LogP contribution in [-0.2, 0) is 6.54 Å². The summed E-state index contributed by atoms with van der Waals surface area (Å²) in [6.45, 7) is 2.99. The average Bonchev–Trinajstić information content (AvgIpc) is 2.24. The summed E-state index contributed by atoms with van der Waals surface area (Å²) in [7, 11) is 0. The van der Waals surface area contributed by atoms with E-state index in [1.165, 1.54) is 11.8 Å². The molecule has 0 saturated heterocycles. The second kappa shape index (κ2) is 5.78. The Hall–Kier alpha value is -0.680. The fourth-order valence-corrected chi connectivity index (χ4v) is 2.02. The molecule has 0 amide bonds. The van der Waals surface area contributed by atoms with Crippen LogP contribution in [0.25, 0.3) is 0 Å². The molecule has 0 aromatic heterocycles. The van der Waals surface area contributed by atoms with Gasteiger partial charge in [0, 0.05) is 17.5 Å². The molecule has 0 unspecified atom stereocenters. The van der Waals surface area contributed by atoms with E-state index in [9.17, 15) is 13.2 Å². The fourth-order valence-electron chi connectivity index (χ4n) is 1.53. The SMILES string of the molecule is CSc1cccc(CN(C(C)C)C(F)(F)F)c1. The number of benzene rings is 1. The molecule has 0 aliphatic heterocycles. The smallest absolute Gasteiger partial charge is 0.208 e. The monoisotopic (exact) mass is 263 g/mol. The number of thioether (sulfide) groups is 1. The van der Waals surface area contributed by atoms with Gasteiger partial charge < -0.3 is 0 Å². The first-order valence-electron chi connectivity index (χ1n) is 5.31. The molecule has 0 bridgehead atoms. The van der Waals surface area contributed by atoms with Gasteiger partial charge in [-0.3, -0.25) is 0 Å². The maximum Gasteiger partial charge on any atom is 0.460 e. The van der Waals surface area contributed by atoms with E-state index in [0.29, 0.717) is 10.5 Å². The van der Waals surface area contributed by atoms with Crippen molar-refractivity contribution in [2.24, 2.45) is 0 Å². The van der Waals surface area contributed by atoms with Gasteiger partial charge in [0.2, 0.25) is 0 Å². The van der Waals surface area contributed by atoms with Gasteiger partial charge in [0.25, 0.3) is 0 Å². The second-order valence-corrected chi connectivity index (χ2v) is 4.92. The van der Waals surface area contributed by atoms with Crippen molar-refractivity contribution in [2.45, 2.75) is 37.6 Å². The fraction of sp³-hybridized carbons (Fsp3) is 0.500. The van der Waals surface area contributed by atoms with Crippen LogP contribution in [0.4, 0.5) is 13.2 Å². The molecule has 0 radical (unpaired) electrons. The number of hydrogen-bond acceptors (Lipinski definition) is 2. The van der Waals surface area contributed by atoms with Gasteiger partial charge in [0.1, 0.15) is 0 Å². The Kier molecular flexibility index (Phi) is 4.89. The Morgan fingerprint density at radius 3 is 2.41 bits per heavy atom. The summed E-state index contributed by atoms with van der Waals surface area (Å²) in [5.41, 5.74) is 0.683. The van der Waals surface area contributed by atoms with E-state index in [4.69, 9.17) is 0 Å². The molecule has 0 heterocycles. The van der Waals surface area contributed by atoms with Crippen molar-refractivity contribution in [1.82, 2.24) is 4.90 Å². The summed E-state index contributed by atoms with van der Waals surface area (Å²) >= 11 is 1.53. The molecule has 0 aliphatic carbocycles. The molecule has 0 fully saturated rings. The zero-order chi connectivity index (χ0) is 13.1. The van der Waals surface area contributed by atoms with Crippen LogP contribution in [0.1, 0.15) is 19.4 Å². The predicted octanol–water partition coefficient (Wildman–Crippen LogP) is 4.14. The highest BCUT2D eigenvalue weighted by molar-refractivity contribution is 7.98. The van der Waals surface area contributed by atoms with Gasteiger partial charge in [-0.05, 0) is 37.8 Å². The minimum Gasteiger partial charge on any atom is -0.208 e. The van der Waals surface area contributed by atoms with Crippen LogP contribution in [0, 0.1) is 0 Å². The molecule has 17 heavy (non-hydrogen) atoms. The molecule has 1 rings (SSSR count). The standard InChI is InChI=1S/C12H16F3NS/c1-9(2)16(12(13,14)15)8-10-5-4-6-11(7-10)17-3/h4-7,9H,8H2,1-3H3. The Morgan fingerprint density at radius 1 is 1.29 bits per heavy atom. The number of hydrogen-bond donors (Lipinski definition) is 0. The van der Waals surface area contributed by atoms with Crippen molar-refractivity contribution in [3.05, 3.63) is 29.8 Å². The third-order valence-corrected chi connectivity index (χ3v) is 3.16. The molecule has 1 aromatic rings. The molecular weight excluding hydrogens is 247 g/mol. The molecule has 0 spiro atoms. The zero-order valence-corrected chi connectivity index (χ0v) is 10.9. The molecule has 0 aliphatic rings. The lowest BCUT2D eigenvalue weighted by Crippen LogP contribution is -2.42. The quantitative estimate of drug-likeness (QED) is 0.593. The Morgan fingerprint density at radius 2 is 1.94 bits per heavy atom. The van der Waals surface area contributed by atoms with Crippen LogP contribution in [0.15, 0.2) is 29.2 Å². The lowest BCUT2D eigenvalue weighted by atomic mass is 10.2. The summed E-state index contributed by atoms with van der Waals surface area (Å²) in [6.07, 6.45) is -2.38. The molecule has 0 N–H and O–H groups in total. The largest absolute Gasteiger partial charge is 0.460 e. The third kappa shape index (κ3) is 4.24. The van der Waals surface area contributed by atoms with E-state index in [1.807, 2.05) is 12.3 Å². The van der Waals surface area contributed by atoms with Gasteiger partial charge in [0.15, 0.2) is 0 Å². The maximum absolute atomic E-state index is 12.8. The molecule has 1 nitrogen and oxygen atoms in total. The summed E-state index contributed by atoms with van der Waals surface area (Å²) in [4.78, 5) is 1.51. The number of alkyl halides is 3. The van der Waals surface area contributed by atoms with Gasteiger partial charge in [-0.15, -0.1) is 11.8 Å². The van der Waals surface area contributed by atoms with Crippen molar-refractivity contribution in [3.8, 4) is 0 Å². The second-order valence-electron chi connectivity index (χ2n) is 4.04. The van der Waals surface area contributed by atoms with Crippen LogP contribution < -0.4 is 0 Å². The van der Waals surface area contributed by atoms with E-state index in [2.05, 4.69) is 0 Å². The highest BCUT2D eigenvalue weighted by atomic mass is 32.2. The lowest BCUT2D eigenvalue weighted by Gasteiger charge is -2.28. The number of rotatable bonds is 4. The third-order valence-electron chi connectivity index (χ3n) is 2.44. The van der Waals surface area contributed by atoms with E-state index < -0.39 is 12.3 Å². The van der Waals surface area contributed by atoms with Gasteiger partial charge >= 0.3 is 6.30 Å². The van der Waals surface area contributed by atoms with Gasteiger partial charge in [0.05, 0.1) is 0 Å². The minimum atomic E-state index is -4.29. The van der Waals surface area contributed by atoms with Crippen molar-refractivity contribution in [2.75, 3.05) is 6.26 Å². The van der Waals surface area contributed by atoms with E-state index in [1.54, 1.807) is 32.0 Å². The van der Waals surface area contributed by atoms with Gasteiger partial charge in [-0.25, -0.2) is 4.90 Å². The highest BCUT2D eigenvalue weighted by Crippen LogP contribution is 2.27. The highest BCUT2D eigenvalue weighted by Gasteiger charge is 2.38. The van der Waals surface area contributed by atoms with Crippen LogP contribution in [0.3, 0.4) is 0 Å². The summed E-state index contributed by atoms with van der Waals surface area (Å²) < 4.78 is 38.3. The van der Waals surface area contributed by atoms with E-state index in [0.717, 1.165) is 4.90 Å². The Bertz CT molecular complexity index is 363. The lowest BCUT2D eigenvalue weighted by molar-refractivity contribution is -0.259. The van der Waals surface area contributed by atoms with Crippen LogP contribution in [0.5, 0.6) is 0 Å². The predicted molar refractivity (Wildman–Crippen MR) is 65.0 cm³/mol. The van der Waals surface area contributed by atoms with Crippen LogP contribution in [0.2, 0.25) is 0 Å². The van der Waals surface area contributed by atoms with Crippen molar-refractivity contribution >= 4 is 11.8 Å². The molecule has 0 saturated carbocycles. The summed E-state index contributed by atoms with van der Waals surface area (Å²) in [5, 5.41) is 0. The van der Waals surface area contributed by atoms with E-state index in [-0.39, 0.29) is 6.54 Å². The summed E-state index contributed by atoms with van der Waals surface area (Å²) in [6, 6.07) is 6.64. The number of nitrogens with zero attached hydrogens (tertiary/aromatic N) is 1. The van der Waals surface area contributed by atoms with Crippen LogP contribution >= 0.6 is 11.8 Å². The van der Waals surface area contributed by atoms with Crippen molar-refractivity contribution < 1.29 is 13.2 Å². The first-order chi connectivity index (χ1) is 7.84. The van der Waals surface area contributed by atoms with Crippen molar-refractivity contribution in [1.29, 1.82) is 0 Å². The minimum absolute atomic E-state index is 0.102. The molecule has 0 atom stereocenters. The maximum atomic E-state index is 12.8. The molecule has 5 heteroatoms. The Labute approximate surface area is 104 Å². The normalized spacial score (nSPS) is 12.5. The first-order valence-corrected chi connectivity index (χ1v) is 6.53. The Balaban J connectivity index is 2.86. The first kappa shape index (κ1) is 14.4. The molecular formula is C12H16F3NS. The van der Waals surface area contributed by atoms with Gasteiger partial charge in [-0.1, -0.05) is 12.1 Å². The van der Waals surface area contributed by atoms with E-state index >= 15 is 0 Å². The van der Waals surface area contributed by atoms with Gasteiger partial charge in [-0.2, -0.15) is 13.2 Å². The molecule has 1 aromatic carbocycles. The number of halogens is 3. The molecule has 96 valence electrons.